The van der Waals surface area contributed by atoms with Crippen molar-refractivity contribution >= 4 is 6.03 Å². The van der Waals surface area contributed by atoms with Crippen molar-refractivity contribution in [2.75, 3.05) is 26.3 Å². The summed E-state index contributed by atoms with van der Waals surface area (Å²) in [7, 11) is 0. The Morgan fingerprint density at radius 1 is 1.50 bits per heavy atom. The van der Waals surface area contributed by atoms with Crippen molar-refractivity contribution in [3.8, 4) is 0 Å². The highest BCUT2D eigenvalue weighted by molar-refractivity contribution is 5.75. The highest BCUT2D eigenvalue weighted by atomic mass is 16.3. The molecule has 3 N–H and O–H groups in total. The first-order valence-electron chi connectivity index (χ1n) is 4.05. The average Bonchev–Trinajstić information content (AvgIpc) is 2.10. The summed E-state index contributed by atoms with van der Waals surface area (Å²) in [5.41, 5.74) is 0. The van der Waals surface area contributed by atoms with Gasteiger partial charge in [0.15, 0.2) is 0 Å². The summed E-state index contributed by atoms with van der Waals surface area (Å²) in [5, 5.41) is 20.3. The lowest BCUT2D eigenvalue weighted by atomic mass is 10.2. The van der Waals surface area contributed by atoms with Crippen LogP contribution in [0.15, 0.2) is 0 Å². The van der Waals surface area contributed by atoms with E-state index in [1.165, 1.54) is 4.90 Å². The van der Waals surface area contributed by atoms with Crippen LogP contribution >= 0.6 is 0 Å². The van der Waals surface area contributed by atoms with Crippen molar-refractivity contribution < 1.29 is 15.0 Å². The van der Waals surface area contributed by atoms with Crippen LogP contribution in [0.2, 0.25) is 0 Å². The fourth-order valence-corrected chi connectivity index (χ4v) is 1.25. The molecule has 0 saturated carbocycles. The molecule has 1 heterocycles. The molecule has 1 saturated heterocycles. The number of carbonyl (C=O) groups is 1. The third-order valence-corrected chi connectivity index (χ3v) is 1.98. The Labute approximate surface area is 71.0 Å². The van der Waals surface area contributed by atoms with Gasteiger partial charge >= 0.3 is 6.03 Å². The predicted molar refractivity (Wildman–Crippen MR) is 42.7 cm³/mol. The molecule has 0 aromatic carbocycles. The van der Waals surface area contributed by atoms with E-state index in [0.29, 0.717) is 13.1 Å². The maximum atomic E-state index is 11.1. The molecule has 0 atom stereocenters. The van der Waals surface area contributed by atoms with E-state index in [2.05, 4.69) is 5.32 Å². The van der Waals surface area contributed by atoms with Gasteiger partial charge in [0.05, 0.1) is 19.3 Å². The number of rotatable bonds is 3. The molecule has 0 radical (unpaired) electrons. The summed E-state index contributed by atoms with van der Waals surface area (Å²) < 4.78 is 0. The van der Waals surface area contributed by atoms with Crippen LogP contribution in [0.4, 0.5) is 4.79 Å². The van der Waals surface area contributed by atoms with Gasteiger partial charge in [-0.1, -0.05) is 0 Å². The van der Waals surface area contributed by atoms with E-state index in [1.807, 2.05) is 0 Å². The number of urea groups is 1. The van der Waals surface area contributed by atoms with Crippen molar-refractivity contribution in [3.05, 3.63) is 0 Å². The van der Waals surface area contributed by atoms with Crippen molar-refractivity contribution in [3.63, 3.8) is 0 Å². The fourth-order valence-electron chi connectivity index (χ4n) is 1.25. The minimum absolute atomic E-state index is 0.191. The number of aliphatic hydroxyl groups excluding tert-OH is 2. The number of nitrogens with one attached hydrogen (secondary N) is 1. The molecule has 0 aromatic rings. The third kappa shape index (κ3) is 1.86. The van der Waals surface area contributed by atoms with E-state index in [4.69, 9.17) is 10.2 Å². The summed E-state index contributed by atoms with van der Waals surface area (Å²) in [6.07, 6.45) is 0.863. The van der Waals surface area contributed by atoms with Gasteiger partial charge in [-0.3, -0.25) is 0 Å². The van der Waals surface area contributed by atoms with E-state index < -0.39 is 6.04 Å². The number of carbonyl (C=O) groups excluding carboxylic acids is 1. The van der Waals surface area contributed by atoms with Crippen molar-refractivity contribution in [2.24, 2.45) is 0 Å². The Balaban J connectivity index is 2.51. The predicted octanol–water partition coefficient (Wildman–Crippen LogP) is -1.25. The van der Waals surface area contributed by atoms with Crippen LogP contribution in [0.25, 0.3) is 0 Å². The molecule has 0 unspecified atom stereocenters. The molecule has 1 aliphatic rings. The number of amides is 2. The standard InChI is InChI=1S/C7H14N2O3/c10-4-6(5-11)9-3-1-2-8-7(9)12/h6,10-11H,1-5H2,(H,8,12). The second kappa shape index (κ2) is 4.27. The second-order valence-electron chi connectivity index (χ2n) is 2.80. The largest absolute Gasteiger partial charge is 0.394 e. The van der Waals surface area contributed by atoms with Crippen molar-refractivity contribution in [2.45, 2.75) is 12.5 Å². The first-order chi connectivity index (χ1) is 5.79. The zero-order valence-electron chi connectivity index (χ0n) is 6.86. The Kier molecular flexibility index (Phi) is 3.31. The van der Waals surface area contributed by atoms with Crippen LogP contribution in [0.5, 0.6) is 0 Å². The maximum absolute atomic E-state index is 11.1. The molecule has 0 aliphatic carbocycles. The summed E-state index contributed by atoms with van der Waals surface area (Å²) in [6, 6.07) is -0.653. The molecule has 5 heteroatoms. The van der Waals surface area contributed by atoms with Gasteiger partial charge < -0.3 is 20.4 Å². The Hall–Kier alpha value is -0.810. The van der Waals surface area contributed by atoms with E-state index >= 15 is 0 Å². The molecule has 0 aromatic heterocycles. The molecule has 1 aliphatic heterocycles. The first kappa shape index (κ1) is 9.28. The lowest BCUT2D eigenvalue weighted by Gasteiger charge is -2.32. The minimum atomic E-state index is -0.453. The van der Waals surface area contributed by atoms with Gasteiger partial charge in [-0.15, -0.1) is 0 Å². The molecule has 12 heavy (non-hydrogen) atoms. The summed E-state index contributed by atoms with van der Waals surface area (Å²) in [5.74, 6) is 0. The fraction of sp³-hybridized carbons (Fsp3) is 0.857. The topological polar surface area (TPSA) is 72.8 Å². The molecule has 0 spiro atoms. The monoisotopic (exact) mass is 174 g/mol. The molecule has 70 valence electrons. The summed E-state index contributed by atoms with van der Waals surface area (Å²) in [6.45, 7) is 0.907. The van der Waals surface area contributed by atoms with Crippen LogP contribution in [-0.2, 0) is 0 Å². The quantitative estimate of drug-likeness (QED) is 0.501. The maximum Gasteiger partial charge on any atom is 0.317 e. The van der Waals surface area contributed by atoms with Crippen molar-refractivity contribution in [1.82, 2.24) is 10.2 Å². The Morgan fingerprint density at radius 3 is 2.67 bits per heavy atom. The van der Waals surface area contributed by atoms with Gasteiger partial charge in [0.1, 0.15) is 0 Å². The van der Waals surface area contributed by atoms with Crippen molar-refractivity contribution in [1.29, 1.82) is 0 Å². The Bertz CT molecular complexity index is 159. The van der Waals surface area contributed by atoms with Gasteiger partial charge in [-0.2, -0.15) is 0 Å². The number of hydrogen-bond donors (Lipinski definition) is 3. The zero-order chi connectivity index (χ0) is 8.97. The second-order valence-corrected chi connectivity index (χ2v) is 2.80. The lowest BCUT2D eigenvalue weighted by molar-refractivity contribution is 0.0833. The lowest BCUT2D eigenvalue weighted by Crippen LogP contribution is -2.53. The normalized spacial score (nSPS) is 18.2. The third-order valence-electron chi connectivity index (χ3n) is 1.98. The van der Waals surface area contributed by atoms with E-state index in [-0.39, 0.29) is 19.2 Å². The molecular weight excluding hydrogens is 160 g/mol. The van der Waals surface area contributed by atoms with Gasteiger partial charge in [0, 0.05) is 13.1 Å². The highest BCUT2D eigenvalue weighted by Crippen LogP contribution is 2.04. The summed E-state index contributed by atoms with van der Waals surface area (Å²) in [4.78, 5) is 12.6. The molecular formula is C7H14N2O3. The summed E-state index contributed by atoms with van der Waals surface area (Å²) >= 11 is 0. The molecule has 2 amide bonds. The highest BCUT2D eigenvalue weighted by Gasteiger charge is 2.24. The number of nitrogens with zero attached hydrogens (tertiary/aromatic N) is 1. The van der Waals surface area contributed by atoms with Crippen LogP contribution in [0, 0.1) is 0 Å². The zero-order valence-corrected chi connectivity index (χ0v) is 6.86. The molecule has 1 fully saturated rings. The minimum Gasteiger partial charge on any atom is -0.394 e. The SMILES string of the molecule is O=C1NCCCN1C(CO)CO. The smallest absolute Gasteiger partial charge is 0.317 e. The van der Waals surface area contributed by atoms with E-state index in [1.54, 1.807) is 0 Å². The average molecular weight is 174 g/mol. The van der Waals surface area contributed by atoms with E-state index in [9.17, 15) is 4.79 Å². The molecule has 0 bridgehead atoms. The van der Waals surface area contributed by atoms with Gasteiger partial charge in [-0.05, 0) is 6.42 Å². The Morgan fingerprint density at radius 2 is 2.17 bits per heavy atom. The number of hydrogen-bond acceptors (Lipinski definition) is 3. The van der Waals surface area contributed by atoms with Crippen LogP contribution in [0.1, 0.15) is 6.42 Å². The molecule has 5 nitrogen and oxygen atoms in total. The first-order valence-corrected chi connectivity index (χ1v) is 4.05. The van der Waals surface area contributed by atoms with Crippen LogP contribution in [-0.4, -0.2) is 53.5 Å². The van der Waals surface area contributed by atoms with Crippen LogP contribution < -0.4 is 5.32 Å². The molecule has 1 rings (SSSR count). The van der Waals surface area contributed by atoms with Gasteiger partial charge in [-0.25, -0.2) is 4.79 Å². The van der Waals surface area contributed by atoms with E-state index in [0.717, 1.165) is 6.42 Å². The van der Waals surface area contributed by atoms with Gasteiger partial charge in [0.25, 0.3) is 0 Å². The van der Waals surface area contributed by atoms with Crippen LogP contribution in [0.3, 0.4) is 0 Å². The van der Waals surface area contributed by atoms with Gasteiger partial charge in [0.2, 0.25) is 0 Å². The number of aliphatic hydroxyl groups is 2.